The molecule has 4 aromatic rings. The third-order valence-electron chi connectivity index (χ3n) is 13.7. The molecule has 22 heteroatoms. The molecule has 2 amide bonds. The van der Waals surface area contributed by atoms with E-state index in [4.69, 9.17) is 40.3 Å². The number of para-hydroxylation sites is 2. The number of aliphatic hydroxyl groups is 1. The number of ether oxygens (including phenoxy) is 5. The van der Waals surface area contributed by atoms with Crippen LogP contribution in [0.1, 0.15) is 106 Å². The molecule has 0 spiro atoms. The maximum atomic E-state index is 12.9. The standard InChI is InChI=1S/C30H40N4O6.C26H32N4O6.3CH4.2H2S/c1-30(2,3)39-19-25(28(36)37)32-27(35)12-11-26(20-13-15-38-16-14-20)34-18-21-17-23(9-10-24(21)33-29(34)31)40-22-7-5-4-6-8-22;27-26-29-21-7-6-20(36-19-4-2-1-3-5-19)14-18(21)15-30(26)23(17-10-12-35-13-11-17)8-9-24(32)28-22(16-31)25(33)34;;;;;/h4-10,17,20,25-26H,11-16,18-19H2,1-3H3,(H2,31,33)(H,32,35)(H,36,37);1-7,14,17,22-23,31H,8-13,15-16H2,(H2,27,29)(H,28,32)(H,33,34);3*1H4;2*1H2/t25-,26+;22-,23+;;;;;/m11...../s1. The van der Waals surface area contributed by atoms with Gasteiger partial charge in [-0.25, -0.2) is 19.6 Å². The number of carbonyl (C=O) groups excluding carboxylic acids is 2. The third-order valence-corrected chi connectivity index (χ3v) is 13.7. The van der Waals surface area contributed by atoms with Gasteiger partial charge in [0, 0.05) is 75.6 Å². The zero-order valence-corrected chi connectivity index (χ0v) is 46.5. The van der Waals surface area contributed by atoms with E-state index in [1.54, 1.807) is 0 Å². The van der Waals surface area contributed by atoms with Crippen LogP contribution in [0.5, 0.6) is 23.0 Å². The van der Waals surface area contributed by atoms with E-state index in [0.717, 1.165) is 59.7 Å². The fourth-order valence-corrected chi connectivity index (χ4v) is 9.73. The number of hydrogen-bond donors (Lipinski definition) is 7. The Morgan fingerprint density at radius 3 is 1.36 bits per heavy atom. The number of benzene rings is 4. The summed E-state index contributed by atoms with van der Waals surface area (Å²) in [5.74, 6) is 0.991. The van der Waals surface area contributed by atoms with Gasteiger partial charge in [0.25, 0.3) is 0 Å². The number of amides is 2. The molecule has 0 aromatic heterocycles. The number of aliphatic hydroxyl groups excluding tert-OH is 1. The molecule has 0 bridgehead atoms. The highest BCUT2D eigenvalue weighted by atomic mass is 32.1. The summed E-state index contributed by atoms with van der Waals surface area (Å²) in [6.07, 6.45) is 4.54. The molecular formula is C59H88N8O12S2. The molecule has 0 unspecified atom stereocenters. The van der Waals surface area contributed by atoms with Crippen molar-refractivity contribution in [1.82, 2.24) is 20.4 Å². The number of aliphatic imine (C=N–C) groups is 2. The Morgan fingerprint density at radius 2 is 1.00 bits per heavy atom. The fraction of sp³-hybridized carbons (Fsp3) is 0.492. The first-order valence-corrected chi connectivity index (χ1v) is 25.9. The van der Waals surface area contributed by atoms with E-state index in [0.29, 0.717) is 75.8 Å². The first kappa shape index (κ1) is 70.5. The highest BCUT2D eigenvalue weighted by molar-refractivity contribution is 7.59. The second-order valence-corrected chi connectivity index (χ2v) is 20.2. The summed E-state index contributed by atoms with van der Waals surface area (Å²) in [6.45, 7) is 8.34. The Morgan fingerprint density at radius 1 is 0.617 bits per heavy atom. The number of guanidine groups is 2. The van der Waals surface area contributed by atoms with Gasteiger partial charge in [-0.05, 0) is 132 Å². The van der Waals surface area contributed by atoms with Crippen LogP contribution >= 0.6 is 27.0 Å². The minimum Gasteiger partial charge on any atom is -0.480 e. The molecule has 4 atom stereocenters. The molecule has 4 aromatic carbocycles. The van der Waals surface area contributed by atoms with Crippen LogP contribution in [0.25, 0.3) is 0 Å². The van der Waals surface area contributed by atoms with Crippen LogP contribution in [0.4, 0.5) is 11.4 Å². The van der Waals surface area contributed by atoms with Gasteiger partial charge in [-0.3, -0.25) is 9.59 Å². The lowest BCUT2D eigenvalue weighted by Gasteiger charge is -2.41. The molecule has 448 valence electrons. The largest absolute Gasteiger partial charge is 0.480 e. The highest BCUT2D eigenvalue weighted by Gasteiger charge is 2.36. The summed E-state index contributed by atoms with van der Waals surface area (Å²) in [4.78, 5) is 61.7. The van der Waals surface area contributed by atoms with Gasteiger partial charge in [0.15, 0.2) is 18.0 Å². The third kappa shape index (κ3) is 21.0. The van der Waals surface area contributed by atoms with E-state index < -0.39 is 42.1 Å². The molecule has 0 saturated carbocycles. The zero-order valence-electron chi connectivity index (χ0n) is 44.5. The summed E-state index contributed by atoms with van der Waals surface area (Å²) in [7, 11) is 0. The van der Waals surface area contributed by atoms with E-state index in [9.17, 15) is 29.4 Å². The van der Waals surface area contributed by atoms with Crippen molar-refractivity contribution in [3.63, 3.8) is 0 Å². The van der Waals surface area contributed by atoms with Crippen LogP contribution in [0.15, 0.2) is 107 Å². The maximum absolute atomic E-state index is 12.9. The number of carboxylic acids is 2. The van der Waals surface area contributed by atoms with Crippen LogP contribution in [0, 0.1) is 11.8 Å². The van der Waals surface area contributed by atoms with E-state index in [2.05, 4.69) is 25.5 Å². The van der Waals surface area contributed by atoms with Crippen LogP contribution in [-0.2, 0) is 46.5 Å². The molecule has 4 aliphatic heterocycles. The number of rotatable bonds is 21. The predicted octanol–water partition coefficient (Wildman–Crippen LogP) is 8.71. The quantitative estimate of drug-likeness (QED) is 0.0411. The van der Waals surface area contributed by atoms with E-state index in [1.165, 1.54) is 0 Å². The number of hydrogen-bond acceptors (Lipinski definition) is 16. The molecule has 9 N–H and O–H groups in total. The number of carboxylic acid groups (broad SMARTS) is 2. The van der Waals surface area contributed by atoms with Crippen molar-refractivity contribution >= 4 is 74.0 Å². The van der Waals surface area contributed by atoms with Gasteiger partial charge >= 0.3 is 11.9 Å². The Kier molecular flexibility index (Phi) is 29.6. The average molecular weight is 1170 g/mol. The second kappa shape index (κ2) is 34.0. The summed E-state index contributed by atoms with van der Waals surface area (Å²) < 4.78 is 28.8. The Labute approximate surface area is 491 Å². The Balaban J connectivity index is 0.000000524. The number of nitrogens with zero attached hydrogens (tertiary/aromatic N) is 4. The van der Waals surface area contributed by atoms with Gasteiger partial charge in [-0.1, -0.05) is 58.7 Å². The topological polar surface area (TPSA) is 282 Å². The van der Waals surface area contributed by atoms with Crippen molar-refractivity contribution in [2.75, 3.05) is 39.6 Å². The molecule has 4 heterocycles. The molecule has 0 aliphatic carbocycles. The van der Waals surface area contributed by atoms with Crippen LogP contribution < -0.4 is 31.6 Å². The van der Waals surface area contributed by atoms with E-state index in [-0.39, 0.29) is 98.5 Å². The maximum Gasteiger partial charge on any atom is 0.328 e. The number of nitrogens with two attached hydrogens (primary N) is 2. The molecule has 0 radical (unpaired) electrons. The minimum atomic E-state index is -1.32. The lowest BCUT2D eigenvalue weighted by atomic mass is 9.87. The molecule has 2 fully saturated rings. The van der Waals surface area contributed by atoms with Crippen molar-refractivity contribution in [3.8, 4) is 23.0 Å². The first-order valence-electron chi connectivity index (χ1n) is 25.9. The Bertz CT molecular complexity index is 2650. The SMILES string of the molecule is C.C.C.CC(C)(C)OC[C@@H](NC(=O)CC[C@@H](C1CCOCC1)N1Cc2cc(Oc3ccccc3)ccc2N=C1N)C(=O)O.NC1=Nc2ccc(Oc3ccccc3)cc2CN1[C@@H](CCC(=O)N[C@H](CO)C(=O)O)C1CCOCC1.S.S. The van der Waals surface area contributed by atoms with Gasteiger partial charge in [0.05, 0.1) is 30.2 Å². The molecule has 20 nitrogen and oxygen atoms in total. The number of nitrogens with one attached hydrogen (secondary N) is 2. The number of carbonyl (C=O) groups is 4. The van der Waals surface area contributed by atoms with Crippen LogP contribution in [0.3, 0.4) is 0 Å². The van der Waals surface area contributed by atoms with Crippen molar-refractivity contribution in [3.05, 3.63) is 108 Å². The molecule has 81 heavy (non-hydrogen) atoms. The summed E-state index contributed by atoms with van der Waals surface area (Å²) in [6, 6.07) is 28.0. The summed E-state index contributed by atoms with van der Waals surface area (Å²) >= 11 is 0. The minimum absolute atomic E-state index is 0. The van der Waals surface area contributed by atoms with Crippen molar-refractivity contribution < 1.29 is 58.2 Å². The van der Waals surface area contributed by atoms with Gasteiger partial charge < -0.3 is 70.9 Å². The summed E-state index contributed by atoms with van der Waals surface area (Å²) in [5.41, 5.74) is 15.9. The first-order chi connectivity index (χ1) is 36.5. The van der Waals surface area contributed by atoms with Gasteiger partial charge in [-0.2, -0.15) is 27.0 Å². The van der Waals surface area contributed by atoms with Crippen molar-refractivity contribution in [1.29, 1.82) is 0 Å². The van der Waals surface area contributed by atoms with Crippen LogP contribution in [0.2, 0.25) is 0 Å². The summed E-state index contributed by atoms with van der Waals surface area (Å²) in [5, 5.41) is 32.9. The zero-order chi connectivity index (χ0) is 54.2. The molecule has 4 aliphatic rings. The van der Waals surface area contributed by atoms with Crippen molar-refractivity contribution in [2.45, 2.75) is 137 Å². The lowest BCUT2D eigenvalue weighted by Crippen LogP contribution is -2.50. The van der Waals surface area contributed by atoms with Crippen LogP contribution in [-0.4, -0.2) is 130 Å². The molecule has 8 rings (SSSR count). The smallest absolute Gasteiger partial charge is 0.328 e. The van der Waals surface area contributed by atoms with Gasteiger partial charge in [0.2, 0.25) is 11.8 Å². The number of aliphatic carboxylic acids is 2. The number of fused-ring (bicyclic) bond motifs is 2. The molecular weight excluding hydrogens is 1080 g/mol. The van der Waals surface area contributed by atoms with Gasteiger partial charge in [0.1, 0.15) is 29.0 Å². The normalized spacial score (nSPS) is 16.3. The lowest BCUT2D eigenvalue weighted by molar-refractivity contribution is -0.145. The fourth-order valence-electron chi connectivity index (χ4n) is 9.73. The van der Waals surface area contributed by atoms with Gasteiger partial charge in [-0.15, -0.1) is 0 Å². The molecule has 2 saturated heterocycles. The Hall–Kier alpha value is -6.56. The van der Waals surface area contributed by atoms with E-state index in [1.807, 2.05) is 123 Å². The monoisotopic (exact) mass is 1160 g/mol. The average Bonchev–Trinajstić information content (AvgIpc) is 3.40. The van der Waals surface area contributed by atoms with Crippen molar-refractivity contribution in [2.24, 2.45) is 33.3 Å². The second-order valence-electron chi connectivity index (χ2n) is 20.2. The predicted molar refractivity (Wildman–Crippen MR) is 326 cm³/mol. The van der Waals surface area contributed by atoms with E-state index >= 15 is 0 Å². The highest BCUT2D eigenvalue weighted by Crippen LogP contribution is 2.37.